The number of imidazole rings is 1. The van der Waals surface area contributed by atoms with Crippen LogP contribution >= 0.6 is 22.7 Å². The van der Waals surface area contributed by atoms with Crippen LogP contribution in [0.4, 0.5) is 0 Å². The fraction of sp³-hybridized carbons (Fsp3) is 0.250. The molecule has 128 valence electrons. The molecule has 0 aromatic carbocycles. The number of rotatable bonds is 4. The fourth-order valence-corrected chi connectivity index (χ4v) is 4.41. The second kappa shape index (κ2) is 6.77. The van der Waals surface area contributed by atoms with Gasteiger partial charge in [0.1, 0.15) is 16.7 Å². The zero-order valence-corrected chi connectivity index (χ0v) is 14.8. The Morgan fingerprint density at radius 1 is 1.40 bits per heavy atom. The third kappa shape index (κ3) is 3.20. The van der Waals surface area contributed by atoms with Crippen LogP contribution in [-0.2, 0) is 11.2 Å². The number of aromatic nitrogens is 3. The van der Waals surface area contributed by atoms with Crippen LogP contribution in [0.15, 0.2) is 35.4 Å². The molecule has 0 bridgehead atoms. The van der Waals surface area contributed by atoms with Crippen molar-refractivity contribution in [3.63, 3.8) is 0 Å². The van der Waals surface area contributed by atoms with E-state index in [1.54, 1.807) is 34.1 Å². The number of hydrogen-bond acceptors (Lipinski definition) is 6. The van der Waals surface area contributed by atoms with Crippen molar-refractivity contribution in [1.29, 1.82) is 0 Å². The quantitative estimate of drug-likeness (QED) is 0.729. The van der Waals surface area contributed by atoms with Gasteiger partial charge in [-0.1, -0.05) is 6.07 Å². The summed E-state index contributed by atoms with van der Waals surface area (Å²) in [5, 5.41) is 7.39. The summed E-state index contributed by atoms with van der Waals surface area (Å²) in [5.74, 6) is -0.360. The Bertz CT molecular complexity index is 872. The van der Waals surface area contributed by atoms with Crippen molar-refractivity contribution in [3.05, 3.63) is 46.8 Å². The van der Waals surface area contributed by atoms with E-state index in [0.717, 1.165) is 15.6 Å². The third-order valence-corrected chi connectivity index (χ3v) is 5.90. The van der Waals surface area contributed by atoms with Gasteiger partial charge in [-0.3, -0.25) is 9.59 Å². The van der Waals surface area contributed by atoms with Crippen LogP contribution < -0.4 is 5.32 Å². The highest BCUT2D eigenvalue weighted by atomic mass is 32.1. The maximum Gasteiger partial charge on any atom is 0.274 e. The first-order valence-corrected chi connectivity index (χ1v) is 9.53. The fourth-order valence-electron chi connectivity index (χ4n) is 2.80. The van der Waals surface area contributed by atoms with Crippen molar-refractivity contribution in [3.8, 4) is 9.88 Å². The first kappa shape index (κ1) is 16.0. The molecule has 7 nitrogen and oxygen atoms in total. The molecule has 1 aliphatic rings. The zero-order valence-electron chi connectivity index (χ0n) is 13.1. The molecule has 4 heterocycles. The number of thiazole rings is 1. The molecule has 3 aromatic heterocycles. The molecule has 9 heteroatoms. The Morgan fingerprint density at radius 2 is 2.32 bits per heavy atom. The van der Waals surface area contributed by atoms with Gasteiger partial charge in [0.2, 0.25) is 5.91 Å². The van der Waals surface area contributed by atoms with Gasteiger partial charge in [0.15, 0.2) is 0 Å². The number of H-pyrrole nitrogens is 1. The maximum atomic E-state index is 12.9. The zero-order chi connectivity index (χ0) is 17.2. The molecule has 3 aromatic rings. The molecule has 1 aliphatic heterocycles. The summed E-state index contributed by atoms with van der Waals surface area (Å²) in [7, 11) is 0. The van der Waals surface area contributed by atoms with E-state index in [4.69, 9.17) is 0 Å². The van der Waals surface area contributed by atoms with E-state index >= 15 is 0 Å². The number of carbonyl (C=O) groups excluding carboxylic acids is 2. The molecule has 0 aliphatic carbocycles. The molecule has 4 rings (SSSR count). The molecule has 1 saturated heterocycles. The number of nitrogens with one attached hydrogen (secondary N) is 2. The molecule has 2 N–H and O–H groups in total. The number of piperazine rings is 1. The molecule has 0 spiro atoms. The first-order valence-electron chi connectivity index (χ1n) is 7.77. The average molecular weight is 373 g/mol. The van der Waals surface area contributed by atoms with Gasteiger partial charge in [0, 0.05) is 36.8 Å². The van der Waals surface area contributed by atoms with Crippen LogP contribution in [0.25, 0.3) is 9.88 Å². The second-order valence-electron chi connectivity index (χ2n) is 5.60. The van der Waals surface area contributed by atoms with Gasteiger partial charge < -0.3 is 15.2 Å². The molecule has 2 amide bonds. The average Bonchev–Trinajstić information content (AvgIpc) is 3.37. The Morgan fingerprint density at radius 3 is 3.08 bits per heavy atom. The SMILES string of the molecule is O=C1NCCN(C(=O)c2csc(-c3cccs3)n2)[C@@H]1Cc1cnc[nH]1. The van der Waals surface area contributed by atoms with Gasteiger partial charge >= 0.3 is 0 Å². The van der Waals surface area contributed by atoms with Gasteiger partial charge in [-0.25, -0.2) is 9.97 Å². The maximum absolute atomic E-state index is 12.9. The first-order chi connectivity index (χ1) is 12.2. The standard InChI is InChI=1S/C16H15N5O2S2/c22-14-12(6-10-7-17-9-19-10)21(4-3-18-14)16(23)11-8-25-15(20-11)13-2-1-5-24-13/h1-2,5,7-9,12H,3-4,6H2,(H,17,19)(H,18,22)/t12-/m1/s1. The van der Waals surface area contributed by atoms with Crippen LogP contribution in [0.2, 0.25) is 0 Å². The Kier molecular flexibility index (Phi) is 4.33. The highest BCUT2D eigenvalue weighted by Crippen LogP contribution is 2.28. The molecular weight excluding hydrogens is 358 g/mol. The van der Waals surface area contributed by atoms with Gasteiger partial charge in [-0.05, 0) is 11.4 Å². The van der Waals surface area contributed by atoms with E-state index in [2.05, 4.69) is 20.3 Å². The minimum atomic E-state index is -0.561. The smallest absolute Gasteiger partial charge is 0.274 e. The largest absolute Gasteiger partial charge is 0.353 e. The van der Waals surface area contributed by atoms with Crippen molar-refractivity contribution < 1.29 is 9.59 Å². The third-order valence-electron chi connectivity index (χ3n) is 4.02. The molecule has 1 fully saturated rings. The van der Waals surface area contributed by atoms with Crippen molar-refractivity contribution in [2.45, 2.75) is 12.5 Å². The van der Waals surface area contributed by atoms with Crippen LogP contribution in [-0.4, -0.2) is 50.8 Å². The highest BCUT2D eigenvalue weighted by Gasteiger charge is 2.34. The van der Waals surface area contributed by atoms with Gasteiger partial charge in [-0.15, -0.1) is 22.7 Å². The van der Waals surface area contributed by atoms with Crippen molar-refractivity contribution in [1.82, 2.24) is 25.2 Å². The summed E-state index contributed by atoms with van der Waals surface area (Å²) in [6.07, 6.45) is 3.64. The minimum Gasteiger partial charge on any atom is -0.353 e. The lowest BCUT2D eigenvalue weighted by Gasteiger charge is -2.34. The van der Waals surface area contributed by atoms with Gasteiger partial charge in [0.25, 0.3) is 5.91 Å². The lowest BCUT2D eigenvalue weighted by atomic mass is 10.1. The molecule has 0 unspecified atom stereocenters. The topological polar surface area (TPSA) is 91.0 Å². The summed E-state index contributed by atoms with van der Waals surface area (Å²) >= 11 is 3.03. The minimum absolute atomic E-state index is 0.150. The monoisotopic (exact) mass is 373 g/mol. The summed E-state index contributed by atoms with van der Waals surface area (Å²) in [5.41, 5.74) is 1.20. The van der Waals surface area contributed by atoms with Crippen LogP contribution in [0.5, 0.6) is 0 Å². The highest BCUT2D eigenvalue weighted by molar-refractivity contribution is 7.20. The summed E-state index contributed by atoms with van der Waals surface area (Å²) < 4.78 is 0. The molecule has 1 atom stereocenters. The van der Waals surface area contributed by atoms with E-state index < -0.39 is 6.04 Å². The van der Waals surface area contributed by atoms with Crippen molar-refractivity contribution >= 4 is 34.5 Å². The van der Waals surface area contributed by atoms with Crippen LogP contribution in [0, 0.1) is 0 Å². The summed E-state index contributed by atoms with van der Waals surface area (Å²) in [6, 6.07) is 3.37. The van der Waals surface area contributed by atoms with Crippen LogP contribution in [0.3, 0.4) is 0 Å². The van der Waals surface area contributed by atoms with E-state index in [0.29, 0.717) is 25.2 Å². The van der Waals surface area contributed by atoms with Gasteiger partial charge in [-0.2, -0.15) is 0 Å². The van der Waals surface area contributed by atoms with Crippen LogP contribution in [0.1, 0.15) is 16.2 Å². The number of amides is 2. The van der Waals surface area contributed by atoms with E-state index in [1.165, 1.54) is 11.3 Å². The number of hydrogen-bond donors (Lipinski definition) is 2. The number of aromatic amines is 1. The van der Waals surface area contributed by atoms with E-state index in [9.17, 15) is 9.59 Å². The van der Waals surface area contributed by atoms with Crippen molar-refractivity contribution in [2.24, 2.45) is 0 Å². The molecule has 25 heavy (non-hydrogen) atoms. The molecular formula is C16H15N5O2S2. The van der Waals surface area contributed by atoms with E-state index in [1.807, 2.05) is 17.5 Å². The normalized spacial score (nSPS) is 17.5. The molecule has 0 radical (unpaired) electrons. The number of nitrogens with zero attached hydrogens (tertiary/aromatic N) is 3. The lowest BCUT2D eigenvalue weighted by Crippen LogP contribution is -2.58. The number of thiophene rings is 1. The summed E-state index contributed by atoms with van der Waals surface area (Å²) in [4.78, 5) is 39.3. The van der Waals surface area contributed by atoms with Gasteiger partial charge in [0.05, 0.1) is 11.2 Å². The van der Waals surface area contributed by atoms with E-state index in [-0.39, 0.29) is 11.8 Å². The van der Waals surface area contributed by atoms with Crippen molar-refractivity contribution in [2.75, 3.05) is 13.1 Å². The second-order valence-corrected chi connectivity index (χ2v) is 7.41. The Balaban J connectivity index is 1.57. The predicted octanol–water partition coefficient (Wildman–Crippen LogP) is 1.78. The Hall–Kier alpha value is -2.52. The molecule has 0 saturated carbocycles. The Labute approximate surface area is 151 Å². The predicted molar refractivity (Wildman–Crippen MR) is 95.6 cm³/mol. The number of carbonyl (C=O) groups is 2. The summed E-state index contributed by atoms with van der Waals surface area (Å²) in [6.45, 7) is 0.918. The lowest BCUT2D eigenvalue weighted by molar-refractivity contribution is -0.127.